The lowest BCUT2D eigenvalue weighted by molar-refractivity contribution is -0.657. The third kappa shape index (κ3) is 7.82. The number of methoxy groups -OCH3 is 1. The highest BCUT2D eigenvalue weighted by atomic mass is 16.6. The van der Waals surface area contributed by atoms with Crippen LogP contribution in [0.2, 0.25) is 0 Å². The third-order valence-corrected chi connectivity index (χ3v) is 7.51. The Morgan fingerprint density at radius 2 is 1.80 bits per heavy atom. The minimum atomic E-state index is -0.752. The van der Waals surface area contributed by atoms with Gasteiger partial charge >= 0.3 is 12.1 Å². The van der Waals surface area contributed by atoms with Crippen molar-refractivity contribution in [3.8, 4) is 0 Å². The maximum Gasteiger partial charge on any atom is 0.549 e. The number of rotatable bonds is 10. The molecule has 5 N–H and O–H groups in total. The maximum atomic E-state index is 12.8. The largest absolute Gasteiger partial charge is 0.561 e. The van der Waals surface area contributed by atoms with Gasteiger partial charge in [0, 0.05) is 53.9 Å². The lowest BCUT2D eigenvalue weighted by Crippen LogP contribution is -2.89. The zero-order valence-electron chi connectivity index (χ0n) is 25.0. The molecule has 2 aliphatic heterocycles. The molecule has 1 aromatic rings. The molecular formula is C31H46N4O5+2. The van der Waals surface area contributed by atoms with Gasteiger partial charge in [0.05, 0.1) is 31.1 Å². The molecule has 2 aliphatic rings. The molecule has 9 heteroatoms. The van der Waals surface area contributed by atoms with Gasteiger partial charge in [0.1, 0.15) is 16.9 Å². The van der Waals surface area contributed by atoms with Gasteiger partial charge in [0.2, 0.25) is 0 Å². The van der Waals surface area contributed by atoms with E-state index in [1.54, 1.807) is 36.3 Å². The highest BCUT2D eigenvalue weighted by Gasteiger charge is 2.47. The Bertz CT molecular complexity index is 1180. The van der Waals surface area contributed by atoms with Crippen molar-refractivity contribution in [3.63, 3.8) is 0 Å². The molecule has 1 amide bonds. The van der Waals surface area contributed by atoms with Crippen LogP contribution in [0.25, 0.3) is 0 Å². The van der Waals surface area contributed by atoms with Gasteiger partial charge in [-0.2, -0.15) is 0 Å². The SMILES string of the molecule is C/C=C(\C=C/C(C)(C)C(=N)/C(=C\[NH2+]C(C)(C)C)CN1CCC2(CC1)CN(c1ccc(C(=O)[OH2+])cc1)C(=O)O2)OC. The molecule has 0 aromatic heterocycles. The first-order chi connectivity index (χ1) is 18.7. The van der Waals surface area contributed by atoms with Crippen LogP contribution in [0.1, 0.15) is 64.7 Å². The van der Waals surface area contributed by atoms with Crippen LogP contribution in [0, 0.1) is 10.8 Å². The van der Waals surface area contributed by atoms with E-state index < -0.39 is 17.0 Å². The number of nitrogens with two attached hydrogens (primary N) is 1. The summed E-state index contributed by atoms with van der Waals surface area (Å²) in [4.78, 5) is 28.0. The number of carbonyl (C=O) groups is 2. The maximum absolute atomic E-state index is 12.8. The van der Waals surface area contributed by atoms with Crippen molar-refractivity contribution in [1.29, 1.82) is 5.41 Å². The van der Waals surface area contributed by atoms with Crippen molar-refractivity contribution >= 4 is 23.5 Å². The highest BCUT2D eigenvalue weighted by molar-refractivity contribution is 6.03. The summed E-state index contributed by atoms with van der Waals surface area (Å²) in [6.07, 6.45) is 8.94. The molecule has 9 nitrogen and oxygen atoms in total. The monoisotopic (exact) mass is 554 g/mol. The topological polar surface area (TPSA) is 122 Å². The number of nitrogens with zero attached hydrogens (tertiary/aromatic N) is 2. The van der Waals surface area contributed by atoms with Crippen molar-refractivity contribution in [1.82, 2.24) is 4.90 Å². The number of allylic oxidation sites excluding steroid dienone is 3. The van der Waals surface area contributed by atoms with Crippen LogP contribution in [0.5, 0.6) is 0 Å². The smallest absolute Gasteiger partial charge is 0.549 e. The second kappa shape index (κ2) is 12.4. The Morgan fingerprint density at radius 1 is 1.18 bits per heavy atom. The fourth-order valence-electron chi connectivity index (χ4n) is 4.87. The molecule has 0 unspecified atom stereocenters. The number of anilines is 1. The predicted octanol–water partition coefficient (Wildman–Crippen LogP) is 3.74. The van der Waals surface area contributed by atoms with Gasteiger partial charge in [-0.15, -0.1) is 0 Å². The summed E-state index contributed by atoms with van der Waals surface area (Å²) in [6.45, 7) is 15.0. The van der Waals surface area contributed by atoms with Crippen LogP contribution in [0.15, 0.2) is 60.0 Å². The van der Waals surface area contributed by atoms with Crippen LogP contribution in [0.3, 0.4) is 0 Å². The first kappa shape index (κ1) is 31.1. The van der Waals surface area contributed by atoms with E-state index in [4.69, 9.17) is 20.0 Å². The Hall–Kier alpha value is -3.43. The molecule has 218 valence electrons. The summed E-state index contributed by atoms with van der Waals surface area (Å²) in [5, 5.41) is 18.6. The van der Waals surface area contributed by atoms with Crippen molar-refractivity contribution in [3.05, 3.63) is 65.6 Å². The van der Waals surface area contributed by atoms with Crippen molar-refractivity contribution in [2.45, 2.75) is 65.5 Å². The van der Waals surface area contributed by atoms with E-state index in [9.17, 15) is 9.59 Å². The van der Waals surface area contributed by atoms with Gasteiger partial charge < -0.3 is 25.3 Å². The molecule has 1 spiro atoms. The zero-order valence-corrected chi connectivity index (χ0v) is 25.0. The minimum Gasteiger partial charge on any atom is -0.561 e. The molecule has 2 heterocycles. The summed E-state index contributed by atoms with van der Waals surface area (Å²) in [6, 6.07) is 6.50. The van der Waals surface area contributed by atoms with Gasteiger partial charge in [-0.3, -0.25) is 9.80 Å². The lowest BCUT2D eigenvalue weighted by atomic mass is 9.82. The van der Waals surface area contributed by atoms with E-state index in [0.717, 1.165) is 24.4 Å². The summed E-state index contributed by atoms with van der Waals surface area (Å²) in [5.41, 5.74) is 1.41. The quantitative estimate of drug-likeness (QED) is 0.197. The summed E-state index contributed by atoms with van der Waals surface area (Å²) in [5.74, 6) is 0.00730. The van der Waals surface area contributed by atoms with Crippen LogP contribution in [-0.4, -0.2) is 72.2 Å². The molecule has 1 aromatic carbocycles. The highest BCUT2D eigenvalue weighted by Crippen LogP contribution is 2.36. The van der Waals surface area contributed by atoms with Crippen LogP contribution in [-0.2, 0) is 9.47 Å². The van der Waals surface area contributed by atoms with Gasteiger partial charge in [-0.1, -0.05) is 19.9 Å². The zero-order chi connectivity index (χ0) is 29.7. The molecular weight excluding hydrogens is 508 g/mol. The van der Waals surface area contributed by atoms with Crippen molar-refractivity contribution < 1.29 is 29.5 Å². The van der Waals surface area contributed by atoms with E-state index in [0.29, 0.717) is 37.3 Å². The van der Waals surface area contributed by atoms with E-state index in [-0.39, 0.29) is 17.2 Å². The Labute approximate surface area is 238 Å². The molecule has 0 atom stereocenters. The standard InChI is InChI=1S/C31H44N4O5/c1-8-25(39-7)13-14-30(5,6)26(32)23(19-33-29(2,3)4)20-34-17-15-31(16-18-34)21-35(28(38)40-31)24-11-9-22(10-12-24)27(36)37/h8-14,19,32-33H,15-18,20-21H2,1-7H3,(H,36,37)/p+2/b14-13-,23-19-,25-8+,32-26?. The van der Waals surface area contributed by atoms with Crippen LogP contribution < -0.4 is 10.2 Å². The predicted molar refractivity (Wildman–Crippen MR) is 158 cm³/mol. The second-order valence-electron chi connectivity index (χ2n) is 12.3. The first-order valence-corrected chi connectivity index (χ1v) is 13.8. The second-order valence-corrected chi connectivity index (χ2v) is 12.3. The summed E-state index contributed by atoms with van der Waals surface area (Å²) < 4.78 is 11.3. The number of hydrogen-bond acceptors (Lipinski definition) is 6. The van der Waals surface area contributed by atoms with Gasteiger partial charge in [-0.25, -0.2) is 4.79 Å². The lowest BCUT2D eigenvalue weighted by Gasteiger charge is -2.38. The molecule has 0 aliphatic carbocycles. The molecule has 40 heavy (non-hydrogen) atoms. The van der Waals surface area contributed by atoms with Crippen molar-refractivity contribution in [2.75, 3.05) is 38.2 Å². The summed E-state index contributed by atoms with van der Waals surface area (Å²) in [7, 11) is 1.64. The number of ether oxygens (including phenoxy) is 2. The molecule has 0 radical (unpaired) electrons. The molecule has 2 fully saturated rings. The van der Waals surface area contributed by atoms with Crippen molar-refractivity contribution in [2.24, 2.45) is 5.41 Å². The molecule has 3 rings (SSSR count). The number of likely N-dealkylation sites (tertiary alicyclic amines) is 1. The normalized spacial score (nSPS) is 18.9. The number of hydrogen-bond donors (Lipinski definition) is 2. The van der Waals surface area contributed by atoms with E-state index in [1.807, 2.05) is 39.0 Å². The first-order valence-electron chi connectivity index (χ1n) is 13.8. The fraction of sp³-hybridized carbons (Fsp3) is 0.516. The average molecular weight is 555 g/mol. The van der Waals surface area contributed by atoms with Gasteiger partial charge in [-0.05, 0) is 64.1 Å². The average Bonchev–Trinajstić information content (AvgIpc) is 3.22. The Balaban J connectivity index is 1.70. The van der Waals surface area contributed by atoms with E-state index >= 15 is 0 Å². The Kier molecular flexibility index (Phi) is 9.64. The molecule has 0 saturated carbocycles. The van der Waals surface area contributed by atoms with Gasteiger partial charge in [0.15, 0.2) is 0 Å². The fourth-order valence-corrected chi connectivity index (χ4v) is 4.87. The number of quaternary nitrogens is 1. The summed E-state index contributed by atoms with van der Waals surface area (Å²) >= 11 is 0. The van der Waals surface area contributed by atoms with E-state index in [1.165, 1.54) is 0 Å². The third-order valence-electron chi connectivity index (χ3n) is 7.51. The molecule has 2 saturated heterocycles. The van der Waals surface area contributed by atoms with E-state index in [2.05, 4.69) is 37.2 Å². The van der Waals surface area contributed by atoms with Crippen LogP contribution >= 0.6 is 0 Å². The molecule has 0 bridgehead atoms. The Morgan fingerprint density at radius 3 is 2.33 bits per heavy atom. The number of carbonyl (C=O) groups excluding carboxylic acids is 2. The number of nitrogens with one attached hydrogen (secondary N) is 1. The van der Waals surface area contributed by atoms with Crippen LogP contribution in [0.4, 0.5) is 10.5 Å². The number of benzene rings is 1. The number of amides is 1. The van der Waals surface area contributed by atoms with Gasteiger partial charge in [0.25, 0.3) is 0 Å². The number of piperidine rings is 1. The minimum absolute atomic E-state index is 0.0146.